The molecule has 1 rings (SSSR count). The van der Waals surface area contributed by atoms with Crippen molar-refractivity contribution in [1.29, 1.82) is 0 Å². The minimum absolute atomic E-state index is 0.109. The van der Waals surface area contributed by atoms with Gasteiger partial charge in [0.05, 0.1) is 12.3 Å². The van der Waals surface area contributed by atoms with Crippen LogP contribution >= 0.6 is 11.3 Å². The maximum absolute atomic E-state index is 5.29. The third-order valence-electron chi connectivity index (χ3n) is 3.20. The molecule has 1 heterocycles. The van der Waals surface area contributed by atoms with E-state index in [1.54, 1.807) is 18.4 Å². The highest BCUT2D eigenvalue weighted by Crippen LogP contribution is 2.27. The number of nitrogens with zero attached hydrogens (tertiary/aromatic N) is 2. The zero-order valence-corrected chi connectivity index (χ0v) is 15.4. The van der Waals surface area contributed by atoms with Gasteiger partial charge in [0.25, 0.3) is 0 Å². The van der Waals surface area contributed by atoms with Crippen LogP contribution in [0.5, 0.6) is 0 Å². The number of methoxy groups -OCH3 is 1. The quantitative estimate of drug-likeness (QED) is 0.795. The summed E-state index contributed by atoms with van der Waals surface area (Å²) in [5.74, 6) is 0.716. The second-order valence-corrected chi connectivity index (χ2v) is 8.07. The van der Waals surface area contributed by atoms with Crippen molar-refractivity contribution in [2.75, 3.05) is 25.6 Å². The number of hydrogen-bond donors (Lipinski definition) is 1. The number of hydrogen-bond acceptors (Lipinski definition) is 5. The van der Waals surface area contributed by atoms with Gasteiger partial charge >= 0.3 is 0 Å². The second kappa shape index (κ2) is 8.11. The molecule has 21 heavy (non-hydrogen) atoms. The zero-order valence-electron chi connectivity index (χ0n) is 14.6. The number of aromatic nitrogens is 1. The summed E-state index contributed by atoms with van der Waals surface area (Å²) in [6, 6.07) is 0. The van der Waals surface area contributed by atoms with Gasteiger partial charge in [-0.3, -0.25) is 0 Å². The van der Waals surface area contributed by atoms with Gasteiger partial charge in [-0.25, -0.2) is 4.98 Å². The van der Waals surface area contributed by atoms with Crippen molar-refractivity contribution in [2.24, 2.45) is 5.92 Å². The van der Waals surface area contributed by atoms with Gasteiger partial charge in [0.15, 0.2) is 5.13 Å². The Balaban J connectivity index is 2.77. The van der Waals surface area contributed by atoms with Crippen LogP contribution in [0.2, 0.25) is 0 Å². The Morgan fingerprint density at radius 1 is 1.33 bits per heavy atom. The van der Waals surface area contributed by atoms with E-state index in [1.807, 2.05) is 0 Å². The molecule has 0 amide bonds. The van der Waals surface area contributed by atoms with E-state index >= 15 is 0 Å². The lowest BCUT2D eigenvalue weighted by Gasteiger charge is -2.20. The van der Waals surface area contributed by atoms with Crippen LogP contribution in [0.15, 0.2) is 0 Å². The molecule has 0 aliphatic carbocycles. The van der Waals surface area contributed by atoms with Crippen LogP contribution in [0.1, 0.15) is 51.6 Å². The normalized spacial score (nSPS) is 12.2. The average Bonchev–Trinajstić information content (AvgIpc) is 2.76. The van der Waals surface area contributed by atoms with E-state index < -0.39 is 0 Å². The summed E-state index contributed by atoms with van der Waals surface area (Å²) < 4.78 is 5.29. The highest BCUT2D eigenvalue weighted by molar-refractivity contribution is 7.15. The predicted octanol–water partition coefficient (Wildman–Crippen LogP) is 3.66. The molecule has 0 unspecified atom stereocenters. The number of nitrogens with one attached hydrogen (secondary N) is 1. The van der Waals surface area contributed by atoms with Gasteiger partial charge in [0.2, 0.25) is 0 Å². The van der Waals surface area contributed by atoms with Gasteiger partial charge < -0.3 is 15.0 Å². The van der Waals surface area contributed by atoms with Gasteiger partial charge in [0.1, 0.15) is 0 Å². The molecule has 0 aliphatic heterocycles. The fourth-order valence-electron chi connectivity index (χ4n) is 1.81. The molecular weight excluding hydrogens is 282 g/mol. The summed E-state index contributed by atoms with van der Waals surface area (Å²) in [4.78, 5) is 8.29. The molecule has 0 radical (unpaired) electrons. The Morgan fingerprint density at radius 2 is 2.00 bits per heavy atom. The molecule has 0 atom stereocenters. The van der Waals surface area contributed by atoms with Crippen molar-refractivity contribution in [3.63, 3.8) is 0 Å². The summed E-state index contributed by atoms with van der Waals surface area (Å²) in [6.45, 7) is 13.5. The summed E-state index contributed by atoms with van der Waals surface area (Å²) in [5.41, 5.74) is 1.17. The lowest BCUT2D eigenvalue weighted by Crippen LogP contribution is -2.35. The fraction of sp³-hybridized carbons (Fsp3) is 0.812. The molecule has 122 valence electrons. The van der Waals surface area contributed by atoms with Crippen LogP contribution in [0.4, 0.5) is 5.13 Å². The van der Waals surface area contributed by atoms with E-state index in [1.165, 1.54) is 11.3 Å². The monoisotopic (exact) mass is 313 g/mol. The third kappa shape index (κ3) is 6.76. The fourth-order valence-corrected chi connectivity index (χ4v) is 2.80. The highest BCUT2D eigenvalue weighted by atomic mass is 32.1. The van der Waals surface area contributed by atoms with E-state index in [-0.39, 0.29) is 5.54 Å². The van der Waals surface area contributed by atoms with Crippen molar-refractivity contribution in [3.05, 3.63) is 10.6 Å². The molecule has 1 aromatic heterocycles. The van der Waals surface area contributed by atoms with Crippen molar-refractivity contribution in [2.45, 2.75) is 59.7 Å². The minimum Gasteiger partial charge on any atom is -0.378 e. The van der Waals surface area contributed by atoms with Crippen LogP contribution in [-0.2, 0) is 17.9 Å². The van der Waals surface area contributed by atoms with Gasteiger partial charge in [-0.1, -0.05) is 13.8 Å². The largest absolute Gasteiger partial charge is 0.378 e. The Bertz CT molecular complexity index is 424. The molecule has 1 aromatic rings. The van der Waals surface area contributed by atoms with Gasteiger partial charge in [0, 0.05) is 37.7 Å². The van der Waals surface area contributed by atoms with Crippen molar-refractivity contribution in [1.82, 2.24) is 10.3 Å². The van der Waals surface area contributed by atoms with E-state index in [0.29, 0.717) is 12.5 Å². The highest BCUT2D eigenvalue weighted by Gasteiger charge is 2.16. The molecule has 0 saturated heterocycles. The first-order valence-electron chi connectivity index (χ1n) is 7.66. The smallest absolute Gasteiger partial charge is 0.185 e. The Hall–Kier alpha value is -0.650. The molecule has 0 aromatic carbocycles. The van der Waals surface area contributed by atoms with E-state index in [2.05, 4.69) is 51.9 Å². The van der Waals surface area contributed by atoms with Gasteiger partial charge in [-0.2, -0.15) is 0 Å². The molecular formula is C16H31N3OS. The minimum atomic E-state index is 0.109. The van der Waals surface area contributed by atoms with Crippen LogP contribution < -0.4 is 10.2 Å². The summed E-state index contributed by atoms with van der Waals surface area (Å²) in [6.07, 6.45) is 1.19. The Kier molecular flexibility index (Phi) is 7.10. The number of rotatable bonds is 8. The van der Waals surface area contributed by atoms with E-state index in [0.717, 1.165) is 23.9 Å². The van der Waals surface area contributed by atoms with Crippen LogP contribution in [-0.4, -0.2) is 31.2 Å². The maximum atomic E-state index is 5.29. The summed E-state index contributed by atoms with van der Waals surface area (Å²) >= 11 is 1.77. The van der Waals surface area contributed by atoms with Crippen molar-refractivity contribution >= 4 is 16.5 Å². The van der Waals surface area contributed by atoms with E-state index in [9.17, 15) is 0 Å². The standard InChI is InChI=1S/C16H31N3OS/c1-12(2)8-9-19(6)15-18-13(11-20-7)14(21-15)10-17-16(3,4)5/h12,17H,8-11H2,1-7H3. The van der Waals surface area contributed by atoms with Crippen LogP contribution in [0, 0.1) is 5.92 Å². The summed E-state index contributed by atoms with van der Waals surface area (Å²) in [7, 11) is 3.85. The number of thiazole rings is 1. The molecule has 0 aliphatic rings. The lowest BCUT2D eigenvalue weighted by atomic mass is 10.1. The lowest BCUT2D eigenvalue weighted by molar-refractivity contribution is 0.181. The van der Waals surface area contributed by atoms with Gasteiger partial charge in [-0.15, -0.1) is 11.3 Å². The third-order valence-corrected chi connectivity index (χ3v) is 4.41. The predicted molar refractivity (Wildman–Crippen MR) is 92.1 cm³/mol. The second-order valence-electron chi connectivity index (χ2n) is 7.01. The first-order valence-corrected chi connectivity index (χ1v) is 8.48. The topological polar surface area (TPSA) is 37.4 Å². The Morgan fingerprint density at radius 3 is 2.52 bits per heavy atom. The number of ether oxygens (including phenoxy) is 1. The molecule has 0 spiro atoms. The van der Waals surface area contributed by atoms with Gasteiger partial charge in [-0.05, 0) is 33.1 Å². The summed E-state index contributed by atoms with van der Waals surface area (Å²) in [5, 5.41) is 4.63. The zero-order chi connectivity index (χ0) is 16.0. The van der Waals surface area contributed by atoms with Crippen LogP contribution in [0.25, 0.3) is 0 Å². The Labute approximate surface area is 133 Å². The molecule has 0 fully saturated rings. The van der Waals surface area contributed by atoms with Crippen molar-refractivity contribution < 1.29 is 4.74 Å². The SMILES string of the molecule is COCc1nc(N(C)CCC(C)C)sc1CNC(C)(C)C. The molecule has 0 saturated carbocycles. The molecule has 4 nitrogen and oxygen atoms in total. The van der Waals surface area contributed by atoms with Crippen LogP contribution in [0.3, 0.4) is 0 Å². The molecule has 5 heteroatoms. The first kappa shape index (κ1) is 18.4. The molecule has 0 bridgehead atoms. The average molecular weight is 314 g/mol. The first-order chi connectivity index (χ1) is 9.73. The number of anilines is 1. The van der Waals surface area contributed by atoms with E-state index in [4.69, 9.17) is 9.72 Å². The van der Waals surface area contributed by atoms with Crippen molar-refractivity contribution in [3.8, 4) is 0 Å². The maximum Gasteiger partial charge on any atom is 0.185 e. The molecule has 1 N–H and O–H groups in total.